The largest absolute Gasteiger partial charge is 0.396 e. The molecule has 8 heteroatoms. The molecule has 1 heterocycles. The van der Waals surface area contributed by atoms with E-state index in [1.807, 2.05) is 0 Å². The average Bonchev–Trinajstić information content (AvgIpc) is 2.94. The van der Waals surface area contributed by atoms with Crippen molar-refractivity contribution in [1.82, 2.24) is 0 Å². The zero-order valence-corrected chi connectivity index (χ0v) is 14.0. The van der Waals surface area contributed by atoms with Crippen LogP contribution >= 0.6 is 0 Å². The van der Waals surface area contributed by atoms with E-state index in [0.717, 1.165) is 25.7 Å². The standard InChI is InChI=1S/C8H4O3.C6H14O2.C3H8O3/c9-7-5-3-1-2-4-6(5)8(10)11-7;7-5-3-1-2-4-6-8;4-1-3(6)2-5/h1-4H;7-8H,1-6H2;3-6H,1-2H2. The lowest BCUT2D eigenvalue weighted by Gasteiger charge is -1.96. The zero-order valence-electron chi connectivity index (χ0n) is 14.0. The number of carbonyl (C=O) groups excluding carboxylic acids is 2. The van der Waals surface area contributed by atoms with Crippen LogP contribution in [0.25, 0.3) is 0 Å². The number of aliphatic hydroxyl groups excluding tert-OH is 5. The molecule has 0 spiro atoms. The molecule has 2 rings (SSSR count). The Labute approximate surface area is 146 Å². The van der Waals surface area contributed by atoms with E-state index in [4.69, 9.17) is 25.5 Å². The average molecular weight is 358 g/mol. The number of aliphatic hydroxyl groups is 5. The minimum absolute atomic E-state index is 0.283. The van der Waals surface area contributed by atoms with Crippen molar-refractivity contribution < 1.29 is 39.9 Å². The number of carbonyl (C=O) groups is 2. The highest BCUT2D eigenvalue weighted by Crippen LogP contribution is 2.18. The molecule has 0 saturated heterocycles. The van der Waals surface area contributed by atoms with E-state index in [0.29, 0.717) is 11.1 Å². The molecule has 1 aliphatic rings. The Hall–Kier alpha value is -1.84. The van der Waals surface area contributed by atoms with Gasteiger partial charge in [-0.15, -0.1) is 0 Å². The number of hydrogen-bond donors (Lipinski definition) is 5. The lowest BCUT2D eigenvalue weighted by Crippen LogP contribution is -2.15. The lowest BCUT2D eigenvalue weighted by molar-refractivity contribution is 0.0443. The molecule has 0 aliphatic carbocycles. The summed E-state index contributed by atoms with van der Waals surface area (Å²) >= 11 is 0. The van der Waals surface area contributed by atoms with E-state index in [1.54, 1.807) is 24.3 Å². The van der Waals surface area contributed by atoms with Gasteiger partial charge in [0.25, 0.3) is 0 Å². The highest BCUT2D eigenvalue weighted by Gasteiger charge is 2.28. The lowest BCUT2D eigenvalue weighted by atomic mass is 10.1. The van der Waals surface area contributed by atoms with E-state index in [-0.39, 0.29) is 26.4 Å². The topological polar surface area (TPSA) is 145 Å². The molecule has 0 unspecified atom stereocenters. The Morgan fingerprint density at radius 3 is 1.44 bits per heavy atom. The van der Waals surface area contributed by atoms with Gasteiger partial charge in [0.15, 0.2) is 0 Å². The normalized spacial score (nSPS) is 11.9. The van der Waals surface area contributed by atoms with Gasteiger partial charge >= 0.3 is 11.9 Å². The minimum atomic E-state index is -0.954. The van der Waals surface area contributed by atoms with Crippen molar-refractivity contribution in [3.8, 4) is 0 Å². The molecule has 0 bridgehead atoms. The molecule has 0 radical (unpaired) electrons. The van der Waals surface area contributed by atoms with Crippen molar-refractivity contribution in [2.75, 3.05) is 26.4 Å². The molecule has 5 N–H and O–H groups in total. The molecule has 25 heavy (non-hydrogen) atoms. The van der Waals surface area contributed by atoms with Crippen LogP contribution in [0.3, 0.4) is 0 Å². The van der Waals surface area contributed by atoms with E-state index in [9.17, 15) is 9.59 Å². The number of ether oxygens (including phenoxy) is 1. The highest BCUT2D eigenvalue weighted by molar-refractivity contribution is 6.14. The fourth-order valence-electron chi connectivity index (χ4n) is 1.67. The van der Waals surface area contributed by atoms with Crippen LogP contribution in [-0.4, -0.2) is 70.0 Å². The number of esters is 2. The molecule has 0 saturated carbocycles. The summed E-state index contributed by atoms with van der Waals surface area (Å²) in [6.07, 6.45) is 2.87. The second-order valence-corrected chi connectivity index (χ2v) is 5.10. The smallest absolute Gasteiger partial charge is 0.346 e. The fraction of sp³-hybridized carbons (Fsp3) is 0.529. The van der Waals surface area contributed by atoms with Crippen molar-refractivity contribution in [1.29, 1.82) is 0 Å². The summed E-state index contributed by atoms with van der Waals surface area (Å²) < 4.78 is 4.35. The maximum Gasteiger partial charge on any atom is 0.346 e. The number of rotatable bonds is 7. The number of unbranched alkanes of at least 4 members (excludes halogenated alkanes) is 3. The molecule has 0 amide bonds. The Morgan fingerprint density at radius 1 is 0.760 bits per heavy atom. The van der Waals surface area contributed by atoms with E-state index < -0.39 is 18.0 Å². The molecule has 1 aromatic rings. The van der Waals surface area contributed by atoms with Gasteiger partial charge in [0.1, 0.15) is 6.10 Å². The van der Waals surface area contributed by atoms with E-state index in [2.05, 4.69) is 4.74 Å². The summed E-state index contributed by atoms with van der Waals surface area (Å²) in [5.41, 5.74) is 0.718. The number of benzene rings is 1. The molecule has 142 valence electrons. The summed E-state index contributed by atoms with van der Waals surface area (Å²) in [5.74, 6) is -1.10. The fourth-order valence-corrected chi connectivity index (χ4v) is 1.67. The monoisotopic (exact) mass is 358 g/mol. The first-order valence-electron chi connectivity index (χ1n) is 7.98. The Morgan fingerprint density at radius 2 is 1.16 bits per heavy atom. The third kappa shape index (κ3) is 9.90. The number of fused-ring (bicyclic) bond motifs is 1. The Balaban J connectivity index is 0.000000368. The molecule has 0 aromatic heterocycles. The summed E-state index contributed by atoms with van der Waals surface area (Å²) in [5, 5.41) is 40.6. The van der Waals surface area contributed by atoms with Gasteiger partial charge in [-0.1, -0.05) is 25.0 Å². The number of hydrogen-bond acceptors (Lipinski definition) is 8. The quantitative estimate of drug-likeness (QED) is 0.257. The van der Waals surface area contributed by atoms with Crippen LogP contribution in [0.4, 0.5) is 0 Å². The van der Waals surface area contributed by atoms with Gasteiger partial charge in [0.05, 0.1) is 24.3 Å². The maximum atomic E-state index is 10.8. The molecular weight excluding hydrogens is 332 g/mol. The van der Waals surface area contributed by atoms with Gasteiger partial charge in [0, 0.05) is 13.2 Å². The van der Waals surface area contributed by atoms with Crippen molar-refractivity contribution in [3.63, 3.8) is 0 Å². The van der Waals surface area contributed by atoms with Crippen LogP contribution in [0.2, 0.25) is 0 Å². The molecule has 1 aliphatic heterocycles. The summed E-state index contributed by atoms with van der Waals surface area (Å²) in [4.78, 5) is 21.7. The summed E-state index contributed by atoms with van der Waals surface area (Å²) in [6.45, 7) is -0.163. The molecule has 1 aromatic carbocycles. The van der Waals surface area contributed by atoms with Gasteiger partial charge in [-0.05, 0) is 25.0 Å². The first kappa shape index (κ1) is 23.2. The van der Waals surface area contributed by atoms with Gasteiger partial charge in [-0.3, -0.25) is 0 Å². The van der Waals surface area contributed by atoms with Crippen molar-refractivity contribution in [3.05, 3.63) is 35.4 Å². The van der Waals surface area contributed by atoms with Crippen LogP contribution in [-0.2, 0) is 4.74 Å². The molecular formula is C17H26O8. The predicted molar refractivity (Wildman–Crippen MR) is 89.0 cm³/mol. The van der Waals surface area contributed by atoms with Gasteiger partial charge < -0.3 is 30.3 Å². The zero-order chi connectivity index (χ0) is 19.1. The van der Waals surface area contributed by atoms with Crippen LogP contribution in [0.1, 0.15) is 46.4 Å². The van der Waals surface area contributed by atoms with Crippen LogP contribution in [0.5, 0.6) is 0 Å². The SMILES string of the molecule is O=C1OC(=O)c2ccccc21.OCC(O)CO.OCCCCCCO. The Kier molecular flexibility index (Phi) is 13.4. The van der Waals surface area contributed by atoms with Gasteiger partial charge in [-0.2, -0.15) is 0 Å². The molecule has 0 fully saturated rings. The number of cyclic esters (lactones) is 2. The minimum Gasteiger partial charge on any atom is -0.396 e. The van der Waals surface area contributed by atoms with Gasteiger partial charge in [-0.25, -0.2) is 9.59 Å². The van der Waals surface area contributed by atoms with Crippen molar-refractivity contribution >= 4 is 11.9 Å². The van der Waals surface area contributed by atoms with Gasteiger partial charge in [0.2, 0.25) is 0 Å². The second-order valence-electron chi connectivity index (χ2n) is 5.10. The van der Waals surface area contributed by atoms with E-state index >= 15 is 0 Å². The first-order chi connectivity index (χ1) is 12.0. The Bertz CT molecular complexity index is 460. The molecule has 8 nitrogen and oxygen atoms in total. The third-order valence-electron chi connectivity index (χ3n) is 3.04. The van der Waals surface area contributed by atoms with E-state index in [1.165, 1.54) is 0 Å². The highest BCUT2D eigenvalue weighted by atomic mass is 16.6. The van der Waals surface area contributed by atoms with Crippen LogP contribution < -0.4 is 0 Å². The summed E-state index contributed by atoms with van der Waals surface area (Å²) in [7, 11) is 0. The predicted octanol–water partition coefficient (Wildman–Crippen LogP) is -0.140. The van der Waals surface area contributed by atoms with Crippen LogP contribution in [0.15, 0.2) is 24.3 Å². The van der Waals surface area contributed by atoms with Crippen molar-refractivity contribution in [2.45, 2.75) is 31.8 Å². The first-order valence-corrected chi connectivity index (χ1v) is 7.98. The second kappa shape index (κ2) is 14.5. The molecule has 0 atom stereocenters. The summed E-state index contributed by atoms with van der Waals surface area (Å²) in [6, 6.07) is 6.53. The third-order valence-corrected chi connectivity index (χ3v) is 3.04. The van der Waals surface area contributed by atoms with Crippen molar-refractivity contribution in [2.24, 2.45) is 0 Å². The maximum absolute atomic E-state index is 10.8. The van der Waals surface area contributed by atoms with Crippen LogP contribution in [0, 0.1) is 0 Å².